The van der Waals surface area contributed by atoms with Crippen LogP contribution < -0.4 is 10.3 Å². The maximum Gasteiger partial charge on any atom is 0.263 e. The lowest BCUT2D eigenvalue weighted by Gasteiger charge is -2.23. The van der Waals surface area contributed by atoms with Crippen molar-refractivity contribution in [2.24, 2.45) is 4.99 Å². The summed E-state index contributed by atoms with van der Waals surface area (Å²) in [5, 5.41) is 3.88. The number of sulfonamides is 1. The maximum atomic E-state index is 13.8. The number of amides is 1. The summed E-state index contributed by atoms with van der Waals surface area (Å²) in [6.45, 7) is 6.15. The van der Waals surface area contributed by atoms with Gasteiger partial charge in [-0.2, -0.15) is 0 Å². The average molecular weight is 642 g/mol. The number of hydrogen-bond donors (Lipinski definition) is 1. The molecule has 0 atom stereocenters. The van der Waals surface area contributed by atoms with Crippen molar-refractivity contribution in [2.45, 2.75) is 89.2 Å². The van der Waals surface area contributed by atoms with Gasteiger partial charge in [0.25, 0.3) is 21.5 Å². The molecule has 1 aliphatic heterocycles. The third-order valence-corrected chi connectivity index (χ3v) is 10.5. The number of nitrogens with zero attached hydrogens (tertiary/aromatic N) is 4. The van der Waals surface area contributed by atoms with E-state index in [1.54, 1.807) is 61.0 Å². The maximum absolute atomic E-state index is 13.8. The number of benzene rings is 2. The third-order valence-electron chi connectivity index (χ3n) is 9.09. The Kier molecular flexibility index (Phi) is 8.69. The Hall–Kier alpha value is -4.51. The fourth-order valence-corrected chi connectivity index (χ4v) is 7.69. The Morgan fingerprint density at radius 1 is 0.957 bits per heavy atom. The molecule has 46 heavy (non-hydrogen) atoms. The lowest BCUT2D eigenvalue weighted by atomic mass is 9.96. The molecule has 10 nitrogen and oxygen atoms in total. The number of unbranched alkanes of at least 4 members (excludes halogenated alkanes) is 1. The van der Waals surface area contributed by atoms with Gasteiger partial charge in [0.05, 0.1) is 18.0 Å². The van der Waals surface area contributed by atoms with E-state index in [2.05, 4.69) is 16.8 Å². The number of aliphatic imine (C=N–C) groups is 1. The molecule has 1 aliphatic carbocycles. The van der Waals surface area contributed by atoms with Crippen molar-refractivity contribution < 1.29 is 17.7 Å². The number of amidine groups is 1. The normalized spacial score (nSPS) is 15.9. The van der Waals surface area contributed by atoms with Crippen molar-refractivity contribution in [1.82, 2.24) is 14.6 Å². The second-order valence-electron chi connectivity index (χ2n) is 12.2. The molecule has 3 heterocycles. The zero-order valence-corrected chi connectivity index (χ0v) is 27.3. The molecule has 1 amide bonds. The van der Waals surface area contributed by atoms with Crippen LogP contribution in [0.2, 0.25) is 0 Å². The van der Waals surface area contributed by atoms with Crippen LogP contribution in [0.25, 0.3) is 11.1 Å². The van der Waals surface area contributed by atoms with Gasteiger partial charge in [0.1, 0.15) is 17.1 Å². The first-order chi connectivity index (χ1) is 22.1. The van der Waals surface area contributed by atoms with Gasteiger partial charge in [0.15, 0.2) is 5.82 Å². The Balaban J connectivity index is 1.40. The molecule has 0 bridgehead atoms. The van der Waals surface area contributed by atoms with E-state index in [1.807, 2.05) is 23.1 Å². The number of nitrogens with one attached hydrogen (secondary N) is 1. The zero-order valence-electron chi connectivity index (χ0n) is 26.5. The second kappa shape index (κ2) is 12.7. The topological polar surface area (TPSA) is 127 Å². The van der Waals surface area contributed by atoms with Crippen molar-refractivity contribution in [3.63, 3.8) is 0 Å². The fraction of sp³-hybridized carbons (Fsp3) is 0.371. The van der Waals surface area contributed by atoms with Crippen LogP contribution in [0.5, 0.6) is 0 Å². The number of aryl methyl sites for hydroxylation is 1. The lowest BCUT2D eigenvalue weighted by molar-refractivity contribution is -0.131. The number of pyridine rings is 1. The van der Waals surface area contributed by atoms with E-state index in [9.17, 15) is 18.0 Å². The molecule has 1 fully saturated rings. The molecule has 4 aromatic rings. The van der Waals surface area contributed by atoms with Crippen LogP contribution in [0.1, 0.15) is 74.3 Å². The molecule has 2 aromatic heterocycles. The fourth-order valence-electron chi connectivity index (χ4n) is 6.41. The second-order valence-corrected chi connectivity index (χ2v) is 13.9. The highest BCUT2D eigenvalue weighted by atomic mass is 32.2. The van der Waals surface area contributed by atoms with E-state index in [-0.39, 0.29) is 28.7 Å². The highest BCUT2D eigenvalue weighted by Crippen LogP contribution is 2.40. The Morgan fingerprint density at radius 2 is 1.72 bits per heavy atom. The molecular formula is C35H39N5O5S. The van der Waals surface area contributed by atoms with Gasteiger partial charge in [0.2, 0.25) is 0 Å². The van der Waals surface area contributed by atoms with Crippen LogP contribution in [0.4, 0.5) is 5.82 Å². The molecule has 2 aromatic carbocycles. The summed E-state index contributed by atoms with van der Waals surface area (Å²) >= 11 is 0. The first kappa shape index (κ1) is 31.5. The summed E-state index contributed by atoms with van der Waals surface area (Å²) in [5.41, 5.74) is 2.56. The van der Waals surface area contributed by atoms with Crippen molar-refractivity contribution in [3.05, 3.63) is 99.7 Å². The molecule has 6 rings (SSSR count). The Labute approximate surface area is 269 Å². The molecule has 0 unspecified atom stereocenters. The highest BCUT2D eigenvalue weighted by Gasteiger charge is 2.49. The quantitative estimate of drug-likeness (QED) is 0.207. The van der Waals surface area contributed by atoms with E-state index >= 15 is 0 Å². The van der Waals surface area contributed by atoms with Crippen LogP contribution >= 0.6 is 0 Å². The van der Waals surface area contributed by atoms with Crippen LogP contribution in [-0.2, 0) is 27.9 Å². The molecule has 1 spiro atoms. The average Bonchev–Trinajstić information content (AvgIpc) is 3.72. The summed E-state index contributed by atoms with van der Waals surface area (Å²) in [4.78, 5) is 33.6. The van der Waals surface area contributed by atoms with E-state index in [0.29, 0.717) is 29.0 Å². The third kappa shape index (κ3) is 6.03. The van der Waals surface area contributed by atoms with Crippen molar-refractivity contribution in [1.29, 1.82) is 0 Å². The monoisotopic (exact) mass is 641 g/mol. The molecule has 1 N–H and O–H groups in total. The van der Waals surface area contributed by atoms with Gasteiger partial charge in [-0.15, -0.1) is 0 Å². The number of rotatable bonds is 11. The molecule has 1 saturated carbocycles. The predicted molar refractivity (Wildman–Crippen MR) is 177 cm³/mol. The minimum atomic E-state index is -4.07. The van der Waals surface area contributed by atoms with Gasteiger partial charge < -0.3 is 9.09 Å². The number of aromatic nitrogens is 2. The van der Waals surface area contributed by atoms with Gasteiger partial charge in [-0.3, -0.25) is 24.2 Å². The standard InChI is InChI=1S/C35H39N5O5S/c1-4-5-14-31-36-35(18-9-10-19-35)34(42)40(31)22-26-16-17-28(27(21-26)23-39-20-11-8-15-32(39)41)29-12-6-7-13-30(29)46(43,44)38-33-24(2)25(3)45-37-33/h6-8,11-13,15-17,20-21H,4-5,9-10,14,18-19,22-23H2,1-3H3,(H,37,38). The Morgan fingerprint density at radius 3 is 2.43 bits per heavy atom. The van der Waals surface area contributed by atoms with Gasteiger partial charge in [-0.05, 0) is 61.9 Å². The molecule has 11 heteroatoms. The summed E-state index contributed by atoms with van der Waals surface area (Å²) in [7, 11) is -4.07. The number of carbonyl (C=O) groups excluding carboxylic acids is 1. The molecule has 2 aliphatic rings. The van der Waals surface area contributed by atoms with Crippen molar-refractivity contribution in [3.8, 4) is 11.1 Å². The zero-order chi connectivity index (χ0) is 32.5. The smallest absolute Gasteiger partial charge is 0.263 e. The summed E-state index contributed by atoms with van der Waals surface area (Å²) in [6, 6.07) is 17.5. The largest absolute Gasteiger partial charge is 0.359 e. The Bertz CT molecular complexity index is 1970. The molecule has 0 radical (unpaired) electrons. The first-order valence-electron chi connectivity index (χ1n) is 15.8. The predicted octanol–water partition coefficient (Wildman–Crippen LogP) is 6.21. The van der Waals surface area contributed by atoms with Crippen LogP contribution in [0, 0.1) is 13.8 Å². The molecule has 240 valence electrons. The van der Waals surface area contributed by atoms with E-state index in [0.717, 1.165) is 61.9 Å². The molecule has 0 saturated heterocycles. The summed E-state index contributed by atoms with van der Waals surface area (Å²) in [5.74, 6) is 1.58. The first-order valence-corrected chi connectivity index (χ1v) is 17.3. The van der Waals surface area contributed by atoms with Crippen LogP contribution in [0.3, 0.4) is 0 Å². The number of carbonyl (C=O) groups is 1. The van der Waals surface area contributed by atoms with Gasteiger partial charge in [-0.1, -0.05) is 73.8 Å². The molecular weight excluding hydrogens is 602 g/mol. The minimum Gasteiger partial charge on any atom is -0.359 e. The summed E-state index contributed by atoms with van der Waals surface area (Å²) in [6.07, 6.45) is 7.98. The summed E-state index contributed by atoms with van der Waals surface area (Å²) < 4.78 is 36.8. The van der Waals surface area contributed by atoms with Gasteiger partial charge in [-0.25, -0.2) is 8.42 Å². The number of anilines is 1. The van der Waals surface area contributed by atoms with Crippen LogP contribution in [0.15, 0.2) is 86.1 Å². The van der Waals surface area contributed by atoms with Crippen LogP contribution in [-0.4, -0.2) is 40.3 Å². The SMILES string of the molecule is CCCCC1=NC2(CCCC2)C(=O)N1Cc1ccc(-c2ccccc2S(=O)(=O)Nc2noc(C)c2C)c(Cn2ccccc2=O)c1. The van der Waals surface area contributed by atoms with E-state index in [4.69, 9.17) is 9.52 Å². The van der Waals surface area contributed by atoms with Gasteiger partial charge in [0, 0.05) is 29.8 Å². The van der Waals surface area contributed by atoms with E-state index in [1.165, 1.54) is 6.07 Å². The van der Waals surface area contributed by atoms with Crippen molar-refractivity contribution in [2.75, 3.05) is 4.72 Å². The number of hydrogen-bond acceptors (Lipinski definition) is 7. The van der Waals surface area contributed by atoms with Crippen molar-refractivity contribution >= 4 is 27.6 Å². The van der Waals surface area contributed by atoms with Gasteiger partial charge >= 0.3 is 0 Å². The minimum absolute atomic E-state index is 0.0661. The highest BCUT2D eigenvalue weighted by molar-refractivity contribution is 7.92. The lowest BCUT2D eigenvalue weighted by Crippen LogP contribution is -2.40. The van der Waals surface area contributed by atoms with E-state index < -0.39 is 15.6 Å².